The van der Waals surface area contributed by atoms with Gasteiger partial charge in [0.05, 0.1) is 4.88 Å². The molecule has 1 unspecified atom stereocenters. The number of rotatable bonds is 6. The summed E-state index contributed by atoms with van der Waals surface area (Å²) in [6.07, 6.45) is 0.0191. The number of aliphatic hydroxyl groups excluding tert-OH is 1. The monoisotopic (exact) mass is 427 g/mol. The minimum Gasteiger partial charge on any atom is -0.465 e. The third-order valence-electron chi connectivity index (χ3n) is 3.53. The summed E-state index contributed by atoms with van der Waals surface area (Å²) in [5.41, 5.74) is 0.970. The first-order valence-electron chi connectivity index (χ1n) is 7.68. The molecule has 0 radical (unpaired) electrons. The molecule has 2 heterocycles. The summed E-state index contributed by atoms with van der Waals surface area (Å²) in [4.78, 5) is 18.8. The van der Waals surface area contributed by atoms with Gasteiger partial charge in [0.25, 0.3) is 0 Å². The molecule has 3 N–H and O–H groups in total. The zero-order valence-electron chi connectivity index (χ0n) is 13.8. The first kappa shape index (κ1) is 19.9. The summed E-state index contributed by atoms with van der Waals surface area (Å²) in [5, 5.41) is 21.9. The van der Waals surface area contributed by atoms with Crippen molar-refractivity contribution in [3.8, 4) is 17.0 Å². The number of alkyl halides is 2. The van der Waals surface area contributed by atoms with E-state index in [1.54, 1.807) is 24.3 Å². The Bertz CT molecular complexity index is 1000. The number of ether oxygens (including phenoxy) is 1. The van der Waals surface area contributed by atoms with Crippen LogP contribution in [0, 0.1) is 0 Å². The van der Waals surface area contributed by atoms with Crippen LogP contribution in [-0.4, -0.2) is 32.9 Å². The van der Waals surface area contributed by atoms with E-state index < -0.39 is 18.8 Å². The maximum atomic E-state index is 12.7. The lowest BCUT2D eigenvalue weighted by Gasteiger charge is -2.14. The molecule has 0 saturated carbocycles. The number of halogens is 3. The molecule has 0 aliphatic heterocycles. The lowest BCUT2D eigenvalue weighted by Crippen LogP contribution is -2.07. The maximum Gasteiger partial charge on any atom is 0.410 e. The molecule has 28 heavy (non-hydrogen) atoms. The molecule has 0 fully saturated rings. The Kier molecular flexibility index (Phi) is 6.02. The van der Waals surface area contributed by atoms with Crippen molar-refractivity contribution in [3.63, 3.8) is 0 Å². The first-order chi connectivity index (χ1) is 13.3. The van der Waals surface area contributed by atoms with Gasteiger partial charge in [-0.15, -0.1) is 0 Å². The molecule has 3 aromatic rings. The third kappa shape index (κ3) is 4.71. The van der Waals surface area contributed by atoms with Crippen molar-refractivity contribution in [1.82, 2.24) is 9.97 Å². The number of nitrogens with zero attached hydrogens (tertiary/aromatic N) is 2. The number of nitrogens with one attached hydrogen (secondary N) is 1. The molecular weight excluding hydrogens is 416 g/mol. The van der Waals surface area contributed by atoms with Gasteiger partial charge in [-0.25, -0.2) is 14.8 Å². The number of hydrogen-bond acceptors (Lipinski definition) is 6. The second-order valence-electron chi connectivity index (χ2n) is 5.41. The molecule has 7 nitrogen and oxygen atoms in total. The van der Waals surface area contributed by atoms with E-state index in [0.29, 0.717) is 15.5 Å². The van der Waals surface area contributed by atoms with Gasteiger partial charge in [-0.3, -0.25) is 5.32 Å². The SMILES string of the molecule is O=C(O)Nc1ncc(C(O)c2cnc(OC(F)F)c(-c3cccc(Cl)c3)c2)s1. The summed E-state index contributed by atoms with van der Waals surface area (Å²) < 4.78 is 29.9. The average molecular weight is 428 g/mol. The first-order valence-corrected chi connectivity index (χ1v) is 8.87. The smallest absolute Gasteiger partial charge is 0.410 e. The number of aromatic nitrogens is 2. The minimum atomic E-state index is -3.08. The van der Waals surface area contributed by atoms with Crippen LogP contribution in [0.15, 0.2) is 42.7 Å². The molecule has 1 amide bonds. The Hall–Kier alpha value is -2.82. The Balaban J connectivity index is 1.98. The van der Waals surface area contributed by atoms with Crippen LogP contribution in [0.3, 0.4) is 0 Å². The van der Waals surface area contributed by atoms with Crippen molar-refractivity contribution in [1.29, 1.82) is 0 Å². The summed E-state index contributed by atoms with van der Waals surface area (Å²) >= 11 is 6.90. The average Bonchev–Trinajstić information content (AvgIpc) is 3.08. The molecular formula is C17H12ClF2N3O4S. The van der Waals surface area contributed by atoms with Gasteiger partial charge in [0.1, 0.15) is 6.10 Å². The summed E-state index contributed by atoms with van der Waals surface area (Å²) in [5.74, 6) is -0.314. The van der Waals surface area contributed by atoms with Crippen molar-refractivity contribution in [2.75, 3.05) is 5.32 Å². The van der Waals surface area contributed by atoms with Crippen LogP contribution in [0.25, 0.3) is 11.1 Å². The van der Waals surface area contributed by atoms with Crippen molar-refractivity contribution >= 4 is 34.2 Å². The third-order valence-corrected chi connectivity index (χ3v) is 4.73. The number of hydrogen-bond donors (Lipinski definition) is 3. The van der Waals surface area contributed by atoms with Gasteiger partial charge < -0.3 is 14.9 Å². The van der Waals surface area contributed by atoms with Crippen LogP contribution in [0.5, 0.6) is 5.88 Å². The van der Waals surface area contributed by atoms with Crippen molar-refractivity contribution in [2.24, 2.45) is 0 Å². The fraction of sp³-hybridized carbons (Fsp3) is 0.118. The highest BCUT2D eigenvalue weighted by Gasteiger charge is 2.20. The summed E-state index contributed by atoms with van der Waals surface area (Å²) in [7, 11) is 0. The highest BCUT2D eigenvalue weighted by molar-refractivity contribution is 7.15. The molecule has 0 saturated heterocycles. The number of thiazole rings is 1. The largest absolute Gasteiger partial charge is 0.465 e. The molecule has 0 bridgehead atoms. The number of anilines is 1. The second kappa shape index (κ2) is 8.46. The molecule has 11 heteroatoms. The highest BCUT2D eigenvalue weighted by Crippen LogP contribution is 2.35. The van der Waals surface area contributed by atoms with Crippen molar-refractivity contribution in [3.05, 3.63) is 58.2 Å². The van der Waals surface area contributed by atoms with Gasteiger partial charge in [-0.05, 0) is 23.8 Å². The molecule has 1 aromatic carbocycles. The second-order valence-corrected chi connectivity index (χ2v) is 6.91. The van der Waals surface area contributed by atoms with E-state index in [2.05, 4.69) is 20.0 Å². The number of benzene rings is 1. The predicted octanol–water partition coefficient (Wildman–Crippen LogP) is 4.63. The molecule has 3 rings (SSSR count). The number of carbonyl (C=O) groups is 1. The van der Waals surface area contributed by atoms with Gasteiger partial charge in [0.15, 0.2) is 5.13 Å². The van der Waals surface area contributed by atoms with E-state index in [9.17, 15) is 18.7 Å². The quantitative estimate of drug-likeness (QED) is 0.529. The lowest BCUT2D eigenvalue weighted by molar-refractivity contribution is -0.0524. The molecule has 0 aliphatic carbocycles. The van der Waals surface area contributed by atoms with Crippen LogP contribution in [0.1, 0.15) is 16.5 Å². The fourth-order valence-electron chi connectivity index (χ4n) is 2.39. The molecule has 0 aliphatic rings. The topological polar surface area (TPSA) is 105 Å². The molecule has 2 aromatic heterocycles. The van der Waals surface area contributed by atoms with Gasteiger partial charge >= 0.3 is 12.7 Å². The van der Waals surface area contributed by atoms with E-state index in [4.69, 9.17) is 16.7 Å². The normalized spacial score (nSPS) is 12.0. The number of pyridine rings is 1. The Labute approximate surface area is 166 Å². The van der Waals surface area contributed by atoms with Crippen LogP contribution in [0.2, 0.25) is 5.02 Å². The van der Waals surface area contributed by atoms with E-state index >= 15 is 0 Å². The molecule has 146 valence electrons. The van der Waals surface area contributed by atoms with E-state index in [-0.39, 0.29) is 22.1 Å². The molecule has 1 atom stereocenters. The van der Waals surface area contributed by atoms with Gasteiger partial charge in [-0.1, -0.05) is 35.1 Å². The zero-order valence-corrected chi connectivity index (χ0v) is 15.4. The van der Waals surface area contributed by atoms with Crippen molar-refractivity contribution in [2.45, 2.75) is 12.7 Å². The van der Waals surface area contributed by atoms with Crippen LogP contribution < -0.4 is 10.1 Å². The fourth-order valence-corrected chi connectivity index (χ4v) is 3.40. The van der Waals surface area contributed by atoms with E-state index in [1.165, 1.54) is 18.5 Å². The van der Waals surface area contributed by atoms with Crippen LogP contribution in [0.4, 0.5) is 18.7 Å². The highest BCUT2D eigenvalue weighted by atomic mass is 35.5. The summed E-state index contributed by atoms with van der Waals surface area (Å²) in [6, 6.07) is 7.90. The standard InChI is InChI=1S/C17H12ClF2N3O4S/c18-10-3-1-2-8(4-10)11-5-9(6-21-14(11)27-15(19)20)13(24)12-7-22-16(28-12)23-17(25)26/h1-7,13,15,24H,(H,22,23)(H,25,26). The zero-order chi connectivity index (χ0) is 20.3. The Morgan fingerprint density at radius 3 is 2.71 bits per heavy atom. The Morgan fingerprint density at radius 1 is 1.25 bits per heavy atom. The number of aliphatic hydroxyl groups is 1. The van der Waals surface area contributed by atoms with E-state index in [0.717, 1.165) is 11.3 Å². The van der Waals surface area contributed by atoms with Crippen LogP contribution >= 0.6 is 22.9 Å². The lowest BCUT2D eigenvalue weighted by atomic mass is 10.0. The Morgan fingerprint density at radius 2 is 2.04 bits per heavy atom. The predicted molar refractivity (Wildman–Crippen MR) is 99.1 cm³/mol. The van der Waals surface area contributed by atoms with Gasteiger partial charge in [0, 0.05) is 28.5 Å². The van der Waals surface area contributed by atoms with Gasteiger partial charge in [0.2, 0.25) is 5.88 Å². The minimum absolute atomic E-state index is 0.0854. The van der Waals surface area contributed by atoms with Gasteiger partial charge in [-0.2, -0.15) is 8.78 Å². The summed E-state index contributed by atoms with van der Waals surface area (Å²) in [6.45, 7) is -3.08. The number of amides is 1. The molecule has 0 spiro atoms. The number of carboxylic acid groups (broad SMARTS) is 1. The van der Waals surface area contributed by atoms with E-state index in [1.807, 2.05) is 0 Å². The van der Waals surface area contributed by atoms with Crippen LogP contribution in [-0.2, 0) is 0 Å². The van der Waals surface area contributed by atoms with Crippen molar-refractivity contribution < 1.29 is 28.5 Å². The maximum absolute atomic E-state index is 12.7.